The van der Waals surface area contributed by atoms with Crippen molar-refractivity contribution in [1.82, 2.24) is 15.0 Å². The highest BCUT2D eigenvalue weighted by Gasteiger charge is 2.29. The highest BCUT2D eigenvalue weighted by Crippen LogP contribution is 2.40. The van der Waals surface area contributed by atoms with Crippen LogP contribution in [0.2, 0.25) is 0 Å². The van der Waals surface area contributed by atoms with E-state index >= 15 is 0 Å². The second-order valence-corrected chi connectivity index (χ2v) is 7.89. The Labute approximate surface area is 164 Å². The van der Waals surface area contributed by atoms with Crippen molar-refractivity contribution in [3.63, 3.8) is 0 Å². The summed E-state index contributed by atoms with van der Waals surface area (Å²) < 4.78 is 5.23. The smallest absolute Gasteiger partial charge is 0.277 e. The molecule has 148 valence electrons. The first kappa shape index (κ1) is 18.7. The van der Waals surface area contributed by atoms with Gasteiger partial charge in [0.15, 0.2) is 5.69 Å². The first-order chi connectivity index (χ1) is 13.5. The first-order valence-corrected chi connectivity index (χ1v) is 9.85. The van der Waals surface area contributed by atoms with Crippen LogP contribution in [0, 0.1) is 0 Å². The van der Waals surface area contributed by atoms with Gasteiger partial charge in [0.05, 0.1) is 0 Å². The predicted octanol–water partition coefficient (Wildman–Crippen LogP) is 2.97. The van der Waals surface area contributed by atoms with Gasteiger partial charge in [-0.3, -0.25) is 9.59 Å². The van der Waals surface area contributed by atoms with Crippen molar-refractivity contribution in [3.8, 4) is 0 Å². The summed E-state index contributed by atoms with van der Waals surface area (Å²) in [5.41, 5.74) is 1.52. The van der Waals surface area contributed by atoms with Gasteiger partial charge in [-0.1, -0.05) is 5.16 Å². The van der Waals surface area contributed by atoms with Crippen LogP contribution in [0.3, 0.4) is 0 Å². The molecule has 2 fully saturated rings. The Morgan fingerprint density at radius 3 is 2.64 bits per heavy atom. The Bertz CT molecular complexity index is 857. The molecule has 1 aromatic heterocycles. The van der Waals surface area contributed by atoms with E-state index in [0.717, 1.165) is 44.5 Å². The number of carbonyl (C=O) groups excluding carboxylic acids is 2. The molecule has 2 aromatic rings. The zero-order valence-electron chi connectivity index (χ0n) is 16.4. The van der Waals surface area contributed by atoms with Gasteiger partial charge >= 0.3 is 0 Å². The molecule has 1 aliphatic heterocycles. The molecule has 0 bridgehead atoms. The number of nitrogens with zero attached hydrogens (tertiary/aromatic N) is 3. The van der Waals surface area contributed by atoms with Crippen LogP contribution in [0.25, 0.3) is 0 Å². The highest BCUT2D eigenvalue weighted by molar-refractivity contribution is 6.03. The van der Waals surface area contributed by atoms with E-state index in [2.05, 4.69) is 22.4 Å². The summed E-state index contributed by atoms with van der Waals surface area (Å²) in [5, 5.41) is 6.65. The minimum atomic E-state index is -0.308. The van der Waals surface area contributed by atoms with Crippen LogP contribution in [0.4, 0.5) is 5.69 Å². The summed E-state index contributed by atoms with van der Waals surface area (Å²) in [5.74, 6) is 0.892. The fourth-order valence-corrected chi connectivity index (χ4v) is 3.67. The van der Waals surface area contributed by atoms with Gasteiger partial charge in [0, 0.05) is 42.9 Å². The topological polar surface area (TPSA) is 78.7 Å². The molecular formula is C21H26N4O3. The van der Waals surface area contributed by atoms with Crippen LogP contribution in [-0.2, 0) is 0 Å². The van der Waals surface area contributed by atoms with E-state index < -0.39 is 0 Å². The quantitative estimate of drug-likeness (QED) is 0.860. The number of hydrogen-bond acceptors (Lipinski definition) is 5. The second kappa shape index (κ2) is 7.75. The summed E-state index contributed by atoms with van der Waals surface area (Å²) in [6.45, 7) is 1.98. The number of amides is 2. The summed E-state index contributed by atoms with van der Waals surface area (Å²) in [6, 6.07) is 8.93. The second-order valence-electron chi connectivity index (χ2n) is 7.89. The first-order valence-electron chi connectivity index (χ1n) is 9.85. The average Bonchev–Trinajstić information content (AvgIpc) is 3.44. The number of aromatic nitrogens is 1. The van der Waals surface area contributed by atoms with E-state index in [1.165, 1.54) is 0 Å². The highest BCUT2D eigenvalue weighted by atomic mass is 16.5. The Morgan fingerprint density at radius 2 is 1.96 bits per heavy atom. The van der Waals surface area contributed by atoms with Crippen LogP contribution >= 0.6 is 0 Å². The third-order valence-electron chi connectivity index (χ3n) is 5.60. The molecule has 4 rings (SSSR count). The Hall–Kier alpha value is -2.67. The third-order valence-corrected chi connectivity index (χ3v) is 5.60. The van der Waals surface area contributed by atoms with E-state index in [4.69, 9.17) is 4.52 Å². The van der Waals surface area contributed by atoms with Gasteiger partial charge in [-0.25, -0.2) is 0 Å². The standard InChI is InChI=1S/C21H26N4O3/c1-24-11-3-4-17(13-24)25(2)21(27)15-7-9-16(10-8-15)22-20(26)18-12-19(28-23-18)14-5-6-14/h7-10,12,14,17H,3-6,11,13H2,1-2H3,(H,22,26). The number of anilines is 1. The monoisotopic (exact) mass is 382 g/mol. The number of rotatable bonds is 5. The fraction of sp³-hybridized carbons (Fsp3) is 0.476. The normalized spacial score (nSPS) is 20.0. The molecule has 1 aliphatic carbocycles. The minimum Gasteiger partial charge on any atom is -0.360 e. The Kier molecular flexibility index (Phi) is 5.17. The lowest BCUT2D eigenvalue weighted by molar-refractivity contribution is 0.0644. The molecule has 1 saturated carbocycles. The van der Waals surface area contributed by atoms with E-state index in [9.17, 15) is 9.59 Å². The molecule has 0 radical (unpaired) electrons. The van der Waals surface area contributed by atoms with Gasteiger partial charge in [0.25, 0.3) is 11.8 Å². The van der Waals surface area contributed by atoms with Crippen LogP contribution in [0.5, 0.6) is 0 Å². The lowest BCUT2D eigenvalue weighted by Gasteiger charge is -2.35. The lowest BCUT2D eigenvalue weighted by atomic mass is 10.0. The van der Waals surface area contributed by atoms with Gasteiger partial charge < -0.3 is 19.6 Å². The zero-order valence-corrected chi connectivity index (χ0v) is 16.4. The van der Waals surface area contributed by atoms with Crippen molar-refractivity contribution in [3.05, 3.63) is 47.3 Å². The molecule has 2 amide bonds. The molecule has 7 nitrogen and oxygen atoms in total. The molecule has 1 N–H and O–H groups in total. The zero-order chi connectivity index (χ0) is 19.7. The Morgan fingerprint density at radius 1 is 1.21 bits per heavy atom. The van der Waals surface area contributed by atoms with Gasteiger partial charge in [0.1, 0.15) is 5.76 Å². The van der Waals surface area contributed by atoms with Crippen LogP contribution in [0.15, 0.2) is 34.9 Å². The molecule has 1 atom stereocenters. The summed E-state index contributed by atoms with van der Waals surface area (Å²) in [4.78, 5) is 29.2. The molecule has 1 unspecified atom stereocenters. The van der Waals surface area contributed by atoms with Crippen molar-refractivity contribution < 1.29 is 14.1 Å². The molecule has 0 spiro atoms. The number of hydrogen-bond donors (Lipinski definition) is 1. The Balaban J connectivity index is 1.37. The molecule has 28 heavy (non-hydrogen) atoms. The molecule has 7 heteroatoms. The molecule has 2 heterocycles. The molecule has 2 aliphatic rings. The van der Waals surface area contributed by atoms with Crippen molar-refractivity contribution in [1.29, 1.82) is 0 Å². The van der Waals surface area contributed by atoms with E-state index in [1.54, 1.807) is 30.3 Å². The van der Waals surface area contributed by atoms with Crippen LogP contribution in [-0.4, -0.2) is 60.0 Å². The maximum atomic E-state index is 12.8. The molecule has 1 saturated heterocycles. The van der Waals surface area contributed by atoms with Crippen LogP contribution in [0.1, 0.15) is 58.2 Å². The average molecular weight is 382 g/mol. The van der Waals surface area contributed by atoms with Gasteiger partial charge in [-0.15, -0.1) is 0 Å². The number of piperidine rings is 1. The fourth-order valence-electron chi connectivity index (χ4n) is 3.67. The number of nitrogens with one attached hydrogen (secondary N) is 1. The summed E-state index contributed by atoms with van der Waals surface area (Å²) >= 11 is 0. The minimum absolute atomic E-state index is 0.00347. The van der Waals surface area contributed by atoms with Gasteiger partial charge in [-0.2, -0.15) is 0 Å². The summed E-state index contributed by atoms with van der Waals surface area (Å²) in [7, 11) is 3.95. The number of benzene rings is 1. The largest absolute Gasteiger partial charge is 0.360 e. The summed E-state index contributed by atoms with van der Waals surface area (Å²) in [6.07, 6.45) is 4.32. The van der Waals surface area contributed by atoms with E-state index in [0.29, 0.717) is 17.2 Å². The predicted molar refractivity (Wildman–Crippen MR) is 105 cm³/mol. The van der Waals surface area contributed by atoms with Crippen LogP contribution < -0.4 is 5.32 Å². The van der Waals surface area contributed by atoms with Gasteiger partial charge in [-0.05, 0) is 63.5 Å². The maximum Gasteiger partial charge on any atom is 0.277 e. The van der Waals surface area contributed by atoms with Crippen molar-refractivity contribution in [2.24, 2.45) is 0 Å². The number of likely N-dealkylation sites (N-methyl/N-ethyl adjacent to an activating group) is 2. The molecule has 1 aromatic carbocycles. The van der Waals surface area contributed by atoms with E-state index in [-0.39, 0.29) is 23.6 Å². The van der Waals surface area contributed by atoms with E-state index in [1.807, 2.05) is 11.9 Å². The SMILES string of the molecule is CN1CCCC(N(C)C(=O)c2ccc(NC(=O)c3cc(C4CC4)on3)cc2)C1. The van der Waals surface area contributed by atoms with Crippen molar-refractivity contribution in [2.75, 3.05) is 32.5 Å². The van der Waals surface area contributed by atoms with Crippen molar-refractivity contribution >= 4 is 17.5 Å². The van der Waals surface area contributed by atoms with Crippen molar-refractivity contribution in [2.45, 2.75) is 37.6 Å². The third kappa shape index (κ3) is 4.09. The van der Waals surface area contributed by atoms with Gasteiger partial charge in [0.2, 0.25) is 0 Å². The lowest BCUT2D eigenvalue weighted by Crippen LogP contribution is -2.47. The number of carbonyl (C=O) groups is 2. The maximum absolute atomic E-state index is 12.8. The molecular weight excluding hydrogens is 356 g/mol. The number of likely N-dealkylation sites (tertiary alicyclic amines) is 1.